The molecule has 2 heterocycles. The highest BCUT2D eigenvalue weighted by molar-refractivity contribution is 5.78. The molecular formula is C24H25N3O5. The van der Waals surface area contributed by atoms with Gasteiger partial charge in [0.2, 0.25) is 5.60 Å². The smallest absolute Gasteiger partial charge is 0.348 e. The average Bonchev–Trinajstić information content (AvgIpc) is 2.84. The number of anilines is 1. The van der Waals surface area contributed by atoms with Crippen LogP contribution < -0.4 is 14.4 Å². The number of methoxy groups -OCH3 is 1. The standard InChI is InChI=1S/C24H25N3O5/c1-30-17-31-22-10-6-5-9-20(22)21-15-18(16-25-26-21)27-13-11-24(12-14-27,23(28)29)32-19-7-3-2-4-8-19/h2-10,15-16H,11-14,17H2,1H3,(H,28,29). The second-order valence-corrected chi connectivity index (χ2v) is 7.55. The van der Waals surface area contributed by atoms with E-state index in [0.717, 1.165) is 11.3 Å². The molecule has 1 N–H and O–H groups in total. The van der Waals surface area contributed by atoms with Crippen LogP contribution in [0.5, 0.6) is 11.5 Å². The van der Waals surface area contributed by atoms with Crippen LogP contribution in [0.25, 0.3) is 11.3 Å². The molecule has 1 fully saturated rings. The number of rotatable bonds is 8. The first-order valence-corrected chi connectivity index (χ1v) is 10.4. The number of nitrogens with zero attached hydrogens (tertiary/aromatic N) is 3. The number of carboxylic acids is 1. The highest BCUT2D eigenvalue weighted by Gasteiger charge is 2.44. The predicted octanol–water partition coefficient (Wildman–Crippen LogP) is 3.63. The molecule has 0 aliphatic carbocycles. The quantitative estimate of drug-likeness (QED) is 0.536. The largest absolute Gasteiger partial charge is 0.478 e. The normalized spacial score (nSPS) is 15.2. The van der Waals surface area contributed by atoms with Gasteiger partial charge in [-0.2, -0.15) is 10.2 Å². The fourth-order valence-corrected chi connectivity index (χ4v) is 3.79. The van der Waals surface area contributed by atoms with Gasteiger partial charge in [0.05, 0.1) is 17.6 Å². The highest BCUT2D eigenvalue weighted by atomic mass is 16.7. The van der Waals surface area contributed by atoms with Crippen LogP contribution in [0.3, 0.4) is 0 Å². The summed E-state index contributed by atoms with van der Waals surface area (Å²) < 4.78 is 16.6. The van der Waals surface area contributed by atoms with E-state index in [9.17, 15) is 9.90 Å². The summed E-state index contributed by atoms with van der Waals surface area (Å²) in [6, 6.07) is 18.6. The lowest BCUT2D eigenvalue weighted by molar-refractivity contribution is -0.157. The Balaban J connectivity index is 1.51. The van der Waals surface area contributed by atoms with Crippen molar-refractivity contribution >= 4 is 11.7 Å². The molecule has 1 aromatic heterocycles. The number of para-hydroxylation sites is 2. The number of aromatic nitrogens is 2. The maximum atomic E-state index is 12.1. The third kappa shape index (κ3) is 4.65. The Morgan fingerprint density at radius 2 is 1.81 bits per heavy atom. The van der Waals surface area contributed by atoms with Crippen LogP contribution in [0.2, 0.25) is 0 Å². The van der Waals surface area contributed by atoms with Crippen LogP contribution in [0.15, 0.2) is 66.9 Å². The van der Waals surface area contributed by atoms with Gasteiger partial charge in [0.1, 0.15) is 11.5 Å². The minimum absolute atomic E-state index is 0.134. The van der Waals surface area contributed by atoms with Crippen LogP contribution in [0.4, 0.5) is 5.69 Å². The van der Waals surface area contributed by atoms with Crippen molar-refractivity contribution in [3.05, 3.63) is 66.9 Å². The van der Waals surface area contributed by atoms with Gasteiger partial charge in [-0.05, 0) is 30.3 Å². The number of carbonyl (C=O) groups is 1. The molecule has 0 saturated carbocycles. The summed E-state index contributed by atoms with van der Waals surface area (Å²) in [7, 11) is 1.57. The molecule has 8 heteroatoms. The Morgan fingerprint density at radius 3 is 2.53 bits per heavy atom. The zero-order valence-electron chi connectivity index (χ0n) is 17.8. The zero-order valence-corrected chi connectivity index (χ0v) is 17.8. The maximum absolute atomic E-state index is 12.1. The van der Waals surface area contributed by atoms with E-state index in [0.29, 0.717) is 43.1 Å². The molecule has 0 atom stereocenters. The van der Waals surface area contributed by atoms with Crippen LogP contribution in [0.1, 0.15) is 12.8 Å². The van der Waals surface area contributed by atoms with Crippen molar-refractivity contribution < 1.29 is 24.1 Å². The van der Waals surface area contributed by atoms with E-state index in [1.807, 2.05) is 48.5 Å². The number of benzene rings is 2. The predicted molar refractivity (Wildman–Crippen MR) is 119 cm³/mol. The molecule has 1 aliphatic heterocycles. The Morgan fingerprint density at radius 1 is 1.09 bits per heavy atom. The van der Waals surface area contributed by atoms with Crippen molar-refractivity contribution in [2.75, 3.05) is 31.9 Å². The summed E-state index contributed by atoms with van der Waals surface area (Å²) in [4.78, 5) is 14.2. The van der Waals surface area contributed by atoms with Crippen LogP contribution in [0, 0.1) is 0 Å². The molecule has 0 unspecified atom stereocenters. The van der Waals surface area contributed by atoms with Gasteiger partial charge in [0.25, 0.3) is 0 Å². The molecular weight excluding hydrogens is 410 g/mol. The molecule has 1 saturated heterocycles. The van der Waals surface area contributed by atoms with Crippen molar-refractivity contribution in [3.8, 4) is 22.8 Å². The van der Waals surface area contributed by atoms with E-state index >= 15 is 0 Å². The summed E-state index contributed by atoms with van der Waals surface area (Å²) in [5.41, 5.74) is 1.10. The summed E-state index contributed by atoms with van der Waals surface area (Å²) in [6.07, 6.45) is 2.39. The van der Waals surface area contributed by atoms with Gasteiger partial charge < -0.3 is 24.2 Å². The summed E-state index contributed by atoms with van der Waals surface area (Å²) >= 11 is 0. The lowest BCUT2D eigenvalue weighted by Gasteiger charge is -2.39. The van der Waals surface area contributed by atoms with E-state index in [4.69, 9.17) is 14.2 Å². The van der Waals surface area contributed by atoms with E-state index < -0.39 is 11.6 Å². The lowest BCUT2D eigenvalue weighted by atomic mass is 9.90. The van der Waals surface area contributed by atoms with Crippen molar-refractivity contribution in [1.29, 1.82) is 0 Å². The topological polar surface area (TPSA) is 94.0 Å². The number of hydrogen-bond donors (Lipinski definition) is 1. The van der Waals surface area contributed by atoms with Gasteiger partial charge in [0, 0.05) is 38.6 Å². The first-order chi connectivity index (χ1) is 15.6. The third-order valence-electron chi connectivity index (χ3n) is 5.52. The molecule has 0 radical (unpaired) electrons. The molecule has 2 aromatic carbocycles. The third-order valence-corrected chi connectivity index (χ3v) is 5.52. The molecule has 32 heavy (non-hydrogen) atoms. The first kappa shape index (κ1) is 21.6. The van der Waals surface area contributed by atoms with Crippen molar-refractivity contribution in [2.24, 2.45) is 0 Å². The SMILES string of the molecule is COCOc1ccccc1-c1cc(N2CCC(Oc3ccccc3)(C(=O)O)CC2)cnn1. The monoisotopic (exact) mass is 435 g/mol. The van der Waals surface area contributed by atoms with Gasteiger partial charge in [-0.3, -0.25) is 0 Å². The second-order valence-electron chi connectivity index (χ2n) is 7.55. The highest BCUT2D eigenvalue weighted by Crippen LogP contribution is 2.34. The number of ether oxygens (including phenoxy) is 3. The van der Waals surface area contributed by atoms with E-state index in [2.05, 4.69) is 15.1 Å². The Labute approximate surface area is 186 Å². The maximum Gasteiger partial charge on any atom is 0.348 e. The van der Waals surface area contributed by atoms with Crippen LogP contribution in [-0.4, -0.2) is 53.9 Å². The molecule has 1 aliphatic rings. The molecule has 4 rings (SSSR count). The number of aliphatic carboxylic acids is 1. The molecule has 0 bridgehead atoms. The fraction of sp³-hybridized carbons (Fsp3) is 0.292. The second kappa shape index (κ2) is 9.65. The van der Waals surface area contributed by atoms with Crippen LogP contribution in [-0.2, 0) is 9.53 Å². The molecule has 166 valence electrons. The number of piperidine rings is 1. The van der Waals surface area contributed by atoms with Crippen LogP contribution >= 0.6 is 0 Å². The first-order valence-electron chi connectivity index (χ1n) is 10.4. The van der Waals surface area contributed by atoms with Gasteiger partial charge in [-0.15, -0.1) is 0 Å². The number of hydrogen-bond acceptors (Lipinski definition) is 7. The lowest BCUT2D eigenvalue weighted by Crippen LogP contribution is -2.53. The molecule has 8 nitrogen and oxygen atoms in total. The van der Waals surface area contributed by atoms with E-state index in [-0.39, 0.29) is 6.79 Å². The molecule has 3 aromatic rings. The fourth-order valence-electron chi connectivity index (χ4n) is 3.79. The minimum Gasteiger partial charge on any atom is -0.478 e. The average molecular weight is 435 g/mol. The van der Waals surface area contributed by atoms with E-state index in [1.165, 1.54) is 0 Å². The Kier molecular flexibility index (Phi) is 6.51. The number of carboxylic acid groups (broad SMARTS) is 1. The van der Waals surface area contributed by atoms with Crippen molar-refractivity contribution in [3.63, 3.8) is 0 Å². The van der Waals surface area contributed by atoms with Gasteiger partial charge in [0.15, 0.2) is 6.79 Å². The van der Waals surface area contributed by atoms with E-state index in [1.54, 1.807) is 25.4 Å². The van der Waals surface area contributed by atoms with Crippen molar-refractivity contribution in [1.82, 2.24) is 10.2 Å². The van der Waals surface area contributed by atoms with Crippen molar-refractivity contribution in [2.45, 2.75) is 18.4 Å². The molecule has 0 amide bonds. The minimum atomic E-state index is -1.25. The summed E-state index contributed by atoms with van der Waals surface area (Å²) in [6.45, 7) is 1.17. The zero-order chi connectivity index (χ0) is 22.4. The summed E-state index contributed by atoms with van der Waals surface area (Å²) in [5, 5.41) is 18.4. The van der Waals surface area contributed by atoms with Gasteiger partial charge in [-0.1, -0.05) is 30.3 Å². The van der Waals surface area contributed by atoms with Gasteiger partial charge >= 0.3 is 5.97 Å². The molecule has 0 spiro atoms. The Hall–Kier alpha value is -3.65. The van der Waals surface area contributed by atoms with Gasteiger partial charge in [-0.25, -0.2) is 4.79 Å². The Bertz CT molecular complexity index is 1050. The summed E-state index contributed by atoms with van der Waals surface area (Å²) in [5.74, 6) is 0.267.